The monoisotopic (exact) mass is 264 g/mol. The predicted octanol–water partition coefficient (Wildman–Crippen LogP) is 2.07. The Morgan fingerprint density at radius 2 is 2.16 bits per heavy atom. The minimum atomic E-state index is 0.348. The van der Waals surface area contributed by atoms with Crippen LogP contribution in [0.2, 0.25) is 0 Å². The van der Waals surface area contributed by atoms with Crippen molar-refractivity contribution in [3.63, 3.8) is 0 Å². The van der Waals surface area contributed by atoms with Gasteiger partial charge in [0.15, 0.2) is 0 Å². The van der Waals surface area contributed by atoms with E-state index in [9.17, 15) is 0 Å². The molecular weight excluding hydrogens is 240 g/mol. The maximum absolute atomic E-state index is 5.51. The molecule has 1 aromatic rings. The van der Waals surface area contributed by atoms with Crippen LogP contribution in [0.15, 0.2) is 12.4 Å². The lowest BCUT2D eigenvalue weighted by molar-refractivity contribution is 0.247. The summed E-state index contributed by atoms with van der Waals surface area (Å²) in [5, 5.41) is 6.81. The zero-order valence-corrected chi connectivity index (χ0v) is 11.9. The first-order chi connectivity index (χ1) is 9.22. The van der Waals surface area contributed by atoms with Gasteiger partial charge in [-0.25, -0.2) is 9.97 Å². The van der Waals surface area contributed by atoms with Gasteiger partial charge < -0.3 is 15.4 Å². The number of hydrogen-bond donors (Lipinski definition) is 2. The molecule has 0 spiro atoms. The van der Waals surface area contributed by atoms with Gasteiger partial charge in [0.25, 0.3) is 0 Å². The quantitative estimate of drug-likeness (QED) is 0.823. The molecule has 1 aliphatic rings. The Morgan fingerprint density at radius 1 is 1.37 bits per heavy atom. The fourth-order valence-electron chi connectivity index (χ4n) is 2.23. The second kappa shape index (κ2) is 6.70. The van der Waals surface area contributed by atoms with Gasteiger partial charge in [-0.2, -0.15) is 0 Å². The van der Waals surface area contributed by atoms with Gasteiger partial charge in [0.2, 0.25) is 5.88 Å². The molecule has 1 aliphatic heterocycles. The molecule has 1 saturated heterocycles. The van der Waals surface area contributed by atoms with Gasteiger partial charge in [-0.3, -0.25) is 0 Å². The number of nitrogens with zero attached hydrogens (tertiary/aromatic N) is 2. The molecule has 0 aliphatic carbocycles. The molecule has 0 aromatic carbocycles. The molecule has 5 heteroatoms. The summed E-state index contributed by atoms with van der Waals surface area (Å²) >= 11 is 0. The molecule has 106 valence electrons. The van der Waals surface area contributed by atoms with E-state index in [1.807, 2.05) is 6.07 Å². The Balaban J connectivity index is 1.88. The van der Waals surface area contributed by atoms with Crippen molar-refractivity contribution in [3.05, 3.63) is 12.4 Å². The number of rotatable bonds is 6. The molecule has 2 rings (SSSR count). The molecule has 1 fully saturated rings. The molecule has 0 bridgehead atoms. The van der Waals surface area contributed by atoms with Gasteiger partial charge in [-0.1, -0.05) is 13.8 Å². The van der Waals surface area contributed by atoms with E-state index < -0.39 is 0 Å². The standard InChI is InChI=1S/C14H24N4O/c1-3-8-19-13-9-12(17-11-18-13)16-10-14(2)4-6-15-7-5-14/h9,11,15H,3-8,10H2,1-2H3,(H,16,17,18). The average molecular weight is 264 g/mol. The van der Waals surface area contributed by atoms with Gasteiger partial charge in [0, 0.05) is 12.6 Å². The molecule has 0 atom stereocenters. The van der Waals surface area contributed by atoms with Crippen molar-refractivity contribution in [2.75, 3.05) is 31.6 Å². The summed E-state index contributed by atoms with van der Waals surface area (Å²) in [6.07, 6.45) is 4.93. The number of piperidine rings is 1. The summed E-state index contributed by atoms with van der Waals surface area (Å²) in [5.74, 6) is 1.50. The van der Waals surface area contributed by atoms with Crippen LogP contribution < -0.4 is 15.4 Å². The summed E-state index contributed by atoms with van der Waals surface area (Å²) in [7, 11) is 0. The molecule has 2 N–H and O–H groups in total. The van der Waals surface area contributed by atoms with Crippen LogP contribution in [0.5, 0.6) is 5.88 Å². The lowest BCUT2D eigenvalue weighted by Gasteiger charge is -2.34. The first-order valence-electron chi connectivity index (χ1n) is 7.11. The van der Waals surface area contributed by atoms with Gasteiger partial charge >= 0.3 is 0 Å². The van der Waals surface area contributed by atoms with Crippen LogP contribution in [0.4, 0.5) is 5.82 Å². The highest BCUT2D eigenvalue weighted by Crippen LogP contribution is 2.28. The van der Waals surface area contributed by atoms with E-state index in [-0.39, 0.29) is 0 Å². The predicted molar refractivity (Wildman–Crippen MR) is 76.5 cm³/mol. The van der Waals surface area contributed by atoms with Gasteiger partial charge in [-0.05, 0) is 37.8 Å². The highest BCUT2D eigenvalue weighted by atomic mass is 16.5. The van der Waals surface area contributed by atoms with E-state index in [0.717, 1.165) is 31.9 Å². The molecular formula is C14H24N4O. The fourth-order valence-corrected chi connectivity index (χ4v) is 2.23. The molecule has 5 nitrogen and oxygen atoms in total. The van der Waals surface area contributed by atoms with Crippen molar-refractivity contribution in [2.45, 2.75) is 33.1 Å². The Morgan fingerprint density at radius 3 is 2.89 bits per heavy atom. The smallest absolute Gasteiger partial charge is 0.218 e. The van der Waals surface area contributed by atoms with E-state index >= 15 is 0 Å². The Labute approximate surface area is 115 Å². The van der Waals surface area contributed by atoms with Gasteiger partial charge in [0.1, 0.15) is 12.1 Å². The SMILES string of the molecule is CCCOc1cc(NCC2(C)CCNCC2)ncn1. The molecule has 0 amide bonds. The third-order valence-corrected chi connectivity index (χ3v) is 3.60. The highest BCUT2D eigenvalue weighted by Gasteiger charge is 2.26. The number of ether oxygens (including phenoxy) is 1. The van der Waals surface area contributed by atoms with Crippen LogP contribution in [0.1, 0.15) is 33.1 Å². The Hall–Kier alpha value is -1.36. The third kappa shape index (κ3) is 4.35. The van der Waals surface area contributed by atoms with E-state index in [1.54, 1.807) is 6.33 Å². The summed E-state index contributed by atoms with van der Waals surface area (Å²) in [4.78, 5) is 8.35. The van der Waals surface area contributed by atoms with Crippen LogP contribution >= 0.6 is 0 Å². The maximum atomic E-state index is 5.51. The minimum Gasteiger partial charge on any atom is -0.478 e. The first kappa shape index (κ1) is 14.1. The maximum Gasteiger partial charge on any atom is 0.218 e. The molecule has 2 heterocycles. The second-order valence-corrected chi connectivity index (χ2v) is 5.50. The lowest BCUT2D eigenvalue weighted by atomic mass is 9.81. The van der Waals surface area contributed by atoms with E-state index in [2.05, 4.69) is 34.4 Å². The van der Waals surface area contributed by atoms with Crippen molar-refractivity contribution in [2.24, 2.45) is 5.41 Å². The van der Waals surface area contributed by atoms with Crippen molar-refractivity contribution >= 4 is 5.82 Å². The highest BCUT2D eigenvalue weighted by molar-refractivity contribution is 5.37. The first-order valence-corrected chi connectivity index (χ1v) is 7.11. The minimum absolute atomic E-state index is 0.348. The third-order valence-electron chi connectivity index (χ3n) is 3.60. The molecule has 0 radical (unpaired) electrons. The van der Waals surface area contributed by atoms with Crippen LogP contribution in [0.3, 0.4) is 0 Å². The zero-order chi connectivity index (χ0) is 13.6. The second-order valence-electron chi connectivity index (χ2n) is 5.50. The lowest BCUT2D eigenvalue weighted by Crippen LogP contribution is -2.39. The molecule has 0 saturated carbocycles. The van der Waals surface area contributed by atoms with Crippen LogP contribution in [0.25, 0.3) is 0 Å². The molecule has 19 heavy (non-hydrogen) atoms. The summed E-state index contributed by atoms with van der Waals surface area (Å²) in [6, 6.07) is 1.88. The summed E-state index contributed by atoms with van der Waals surface area (Å²) in [5.41, 5.74) is 0.348. The Kier molecular flexibility index (Phi) is 4.96. The largest absolute Gasteiger partial charge is 0.478 e. The van der Waals surface area contributed by atoms with E-state index in [1.165, 1.54) is 12.8 Å². The summed E-state index contributed by atoms with van der Waals surface area (Å²) in [6.45, 7) is 8.26. The van der Waals surface area contributed by atoms with E-state index in [0.29, 0.717) is 17.9 Å². The average Bonchev–Trinajstić information content (AvgIpc) is 2.44. The normalized spacial score (nSPS) is 18.0. The van der Waals surface area contributed by atoms with Crippen molar-refractivity contribution in [3.8, 4) is 5.88 Å². The van der Waals surface area contributed by atoms with Gasteiger partial charge in [0.05, 0.1) is 6.61 Å². The van der Waals surface area contributed by atoms with Crippen molar-refractivity contribution < 1.29 is 4.74 Å². The summed E-state index contributed by atoms with van der Waals surface area (Å²) < 4.78 is 5.51. The molecule has 1 aromatic heterocycles. The topological polar surface area (TPSA) is 59.1 Å². The van der Waals surface area contributed by atoms with Gasteiger partial charge in [-0.15, -0.1) is 0 Å². The fraction of sp³-hybridized carbons (Fsp3) is 0.714. The number of anilines is 1. The van der Waals surface area contributed by atoms with Crippen molar-refractivity contribution in [1.29, 1.82) is 0 Å². The number of nitrogens with one attached hydrogen (secondary N) is 2. The molecule has 0 unspecified atom stereocenters. The van der Waals surface area contributed by atoms with E-state index in [4.69, 9.17) is 4.74 Å². The van der Waals surface area contributed by atoms with Crippen LogP contribution in [-0.2, 0) is 0 Å². The number of aromatic nitrogens is 2. The number of hydrogen-bond acceptors (Lipinski definition) is 5. The Bertz CT molecular complexity index is 391. The van der Waals surface area contributed by atoms with Crippen LogP contribution in [0, 0.1) is 5.41 Å². The van der Waals surface area contributed by atoms with Crippen LogP contribution in [-0.4, -0.2) is 36.2 Å². The zero-order valence-electron chi connectivity index (χ0n) is 11.9. The van der Waals surface area contributed by atoms with Crippen molar-refractivity contribution in [1.82, 2.24) is 15.3 Å².